The zero-order chi connectivity index (χ0) is 72.3. The zero-order valence-electron chi connectivity index (χ0n) is 57.4. The van der Waals surface area contributed by atoms with Crippen molar-refractivity contribution in [2.75, 3.05) is 26.9 Å². The normalized spacial score (nSPS) is 52.7. The molecule has 564 valence electrons. The molecule has 6 heterocycles. The second kappa shape index (κ2) is 28.9. The highest BCUT2D eigenvalue weighted by Gasteiger charge is 2.71. The van der Waals surface area contributed by atoms with Gasteiger partial charge in [0.2, 0.25) is 6.29 Å². The second-order valence-corrected chi connectivity index (χ2v) is 31.4. The quantitative estimate of drug-likeness (QED) is 0.0225. The number of aliphatic hydroxyl groups is 14. The van der Waals surface area contributed by atoms with Crippen LogP contribution in [0.5, 0.6) is 0 Å². The Morgan fingerprint density at radius 1 is 0.545 bits per heavy atom. The molecule has 0 aromatic rings. The maximum absolute atomic E-state index is 16.1. The van der Waals surface area contributed by atoms with E-state index >= 15 is 4.79 Å². The van der Waals surface area contributed by atoms with Crippen molar-refractivity contribution in [1.82, 2.24) is 0 Å². The number of carbonyl (C=O) groups is 4. The van der Waals surface area contributed by atoms with E-state index in [2.05, 4.69) is 40.7 Å². The fourth-order valence-corrected chi connectivity index (χ4v) is 19.2. The van der Waals surface area contributed by atoms with Crippen molar-refractivity contribution < 1.29 is 157 Å². The van der Waals surface area contributed by atoms with E-state index in [0.717, 1.165) is 25.9 Å². The Kier molecular flexibility index (Phi) is 22.5. The number of allylic oxidation sites excluding steroid dienone is 2. The Balaban J connectivity index is 0.879. The summed E-state index contributed by atoms with van der Waals surface area (Å²) in [6.07, 6.45) is -40.7. The number of methoxy groups -OCH3 is 1. The van der Waals surface area contributed by atoms with Crippen LogP contribution < -0.4 is 0 Å². The molecule has 0 amide bonds. The van der Waals surface area contributed by atoms with Crippen molar-refractivity contribution in [3.63, 3.8) is 0 Å². The summed E-state index contributed by atoms with van der Waals surface area (Å²) < 4.78 is 84.5. The highest BCUT2D eigenvalue weighted by atomic mass is 16.8. The number of carbonyl (C=O) groups excluding carboxylic acids is 4. The molecule has 0 radical (unpaired) electrons. The van der Waals surface area contributed by atoms with E-state index in [1.54, 1.807) is 6.92 Å². The van der Waals surface area contributed by atoms with Gasteiger partial charge in [0.25, 0.3) is 0 Å². The summed E-state index contributed by atoms with van der Waals surface area (Å²) in [5.74, 6) is -3.42. The van der Waals surface area contributed by atoms with Crippen LogP contribution in [0, 0.1) is 50.2 Å². The molecule has 99 heavy (non-hydrogen) atoms. The van der Waals surface area contributed by atoms with Gasteiger partial charge in [-0.3, -0.25) is 9.59 Å². The summed E-state index contributed by atoms with van der Waals surface area (Å²) in [5, 5.41) is 152. The molecule has 32 heteroatoms. The number of rotatable bonds is 17. The van der Waals surface area contributed by atoms with Crippen molar-refractivity contribution in [1.29, 1.82) is 0 Å². The van der Waals surface area contributed by atoms with Gasteiger partial charge in [0, 0.05) is 6.92 Å². The molecule has 10 fully saturated rings. The van der Waals surface area contributed by atoms with Gasteiger partial charge in [-0.05, 0) is 117 Å². The first kappa shape index (κ1) is 76.9. The van der Waals surface area contributed by atoms with E-state index in [1.165, 1.54) is 13.8 Å². The lowest BCUT2D eigenvalue weighted by Crippen LogP contribution is -2.68. The number of aldehydes is 1. The maximum atomic E-state index is 16.1. The van der Waals surface area contributed by atoms with Crippen LogP contribution in [0.2, 0.25) is 0 Å². The van der Waals surface area contributed by atoms with Crippen LogP contribution in [0.1, 0.15) is 127 Å². The van der Waals surface area contributed by atoms with Crippen LogP contribution in [-0.2, 0) is 85.5 Å². The monoisotopic (exact) mass is 1420 g/mol. The van der Waals surface area contributed by atoms with Gasteiger partial charge in [-0.25, -0.2) is 4.79 Å². The molecule has 6 saturated heterocycles. The molecule has 11 rings (SSSR count). The Bertz CT molecular complexity index is 2900. The average molecular weight is 1420 g/mol. The van der Waals surface area contributed by atoms with Crippen molar-refractivity contribution in [2.24, 2.45) is 50.2 Å². The number of esters is 3. The van der Waals surface area contributed by atoms with Crippen molar-refractivity contribution in [3.8, 4) is 0 Å². The van der Waals surface area contributed by atoms with E-state index in [1.807, 2.05) is 0 Å². The third kappa shape index (κ3) is 13.3. The first-order valence-corrected chi connectivity index (χ1v) is 34.7. The summed E-state index contributed by atoms with van der Waals surface area (Å²) in [6.45, 7) is 14.9. The van der Waals surface area contributed by atoms with Gasteiger partial charge in [-0.15, -0.1) is 0 Å². The molecule has 5 aliphatic carbocycles. The topological polar surface area (TPSA) is 481 Å². The number of ether oxygens (including phenoxy) is 14. The largest absolute Gasteiger partial charge is 0.467 e. The molecule has 4 saturated carbocycles. The number of aliphatic hydroxyl groups excluding tert-OH is 14. The van der Waals surface area contributed by atoms with Gasteiger partial charge in [0.15, 0.2) is 49.8 Å². The molecule has 0 unspecified atom stereocenters. The van der Waals surface area contributed by atoms with Crippen LogP contribution in [0.25, 0.3) is 0 Å². The van der Waals surface area contributed by atoms with E-state index in [4.69, 9.17) is 66.3 Å². The number of fused-ring (bicyclic) bond motifs is 7. The molecule has 0 spiro atoms. The standard InChI is InChI=1S/C67H104O32/c1-26-48(94-55-44(80)37(73)31(72)24-87-55)43(79)47(83)56(88-26)98-53-52(97-57-45(81)39(75)33(23-69)92-57)49(90-28(3)71)27(2)89-60(53)99-61(85)67-19-17-62(4,5)21-30(67)29-11-12-35-63(6)15-14-36(64(7,25-70)34(63)13-16-66(35,9)65(29,8)18-20-67)93-59-51(42(78)41(77)50(95-59)54(84)86-10)96-58-46(82)40(76)38(74)32(22-68)91-58/h11,25-27,30-53,55-60,68-69,72-83H,12-24H2,1-10H3/t26-,27+,30-,31+,32+,33-,34+,35+,36-,37-,38-,39-,40-,41-,42-,43-,44+,45+,46+,47+,48-,49-,50-,51+,52-,53+,55-,56-,57-,58-,59+,60-,63-,64-,65+,66+,67-/m0/s1. The predicted molar refractivity (Wildman–Crippen MR) is 328 cm³/mol. The Hall–Kier alpha value is -3.18. The first-order valence-electron chi connectivity index (χ1n) is 34.7. The highest BCUT2D eigenvalue weighted by molar-refractivity contribution is 5.79. The van der Waals surface area contributed by atoms with E-state index < -0.39 is 249 Å². The minimum Gasteiger partial charge on any atom is -0.467 e. The molecule has 32 nitrogen and oxygen atoms in total. The summed E-state index contributed by atoms with van der Waals surface area (Å²) >= 11 is 0. The summed E-state index contributed by atoms with van der Waals surface area (Å²) in [5.41, 5.74) is -3.29. The molecule has 0 aromatic carbocycles. The van der Waals surface area contributed by atoms with Gasteiger partial charge in [0.05, 0.1) is 56.1 Å². The number of hydrogen-bond donors (Lipinski definition) is 14. The third-order valence-corrected chi connectivity index (χ3v) is 25.2. The molecule has 11 aliphatic rings. The van der Waals surface area contributed by atoms with Gasteiger partial charge in [-0.2, -0.15) is 0 Å². The van der Waals surface area contributed by atoms with Crippen LogP contribution in [0.15, 0.2) is 11.6 Å². The lowest BCUT2D eigenvalue weighted by molar-refractivity contribution is -0.382. The van der Waals surface area contributed by atoms with E-state index in [0.29, 0.717) is 57.8 Å². The SMILES string of the molecule is COC(=O)[C@H]1O[C@@H](O[C@H]2CC[C@]3(C)[C@H]4CC=C5[C@@H]6CC(C)(C)CC[C@]6(C(=O)O[C@@H]6O[C@H](C)[C@H](OC(C)=O)[C@H](O[C@@H]7O[C@@H](CO)[C@H](O)[C@H]7O)[C@H]6O[C@@H]6O[C@@H](C)[C@H](O[C@@H]7OC[C@@H](O)[C@H](O)[C@H]7O)[C@@H](O)[C@H]6O)CC[C@@]5(C)[C@]4(C)CC[C@H]3[C@]2(C)C=O)[C@H](O[C@@H]2O[C@H](CO)[C@H](O)[C@H](O)[C@H]2O)[C@@H](O)[C@@H]1O. The van der Waals surface area contributed by atoms with Crippen molar-refractivity contribution in [3.05, 3.63) is 11.6 Å². The lowest BCUT2D eigenvalue weighted by Gasteiger charge is -2.71. The maximum Gasteiger partial charge on any atom is 0.337 e. The molecule has 0 aromatic heterocycles. The lowest BCUT2D eigenvalue weighted by atomic mass is 9.33. The molecular formula is C67H104O32. The Labute approximate surface area is 572 Å². The van der Waals surface area contributed by atoms with Crippen LogP contribution in [0.4, 0.5) is 0 Å². The van der Waals surface area contributed by atoms with Crippen LogP contribution >= 0.6 is 0 Å². The summed E-state index contributed by atoms with van der Waals surface area (Å²) in [4.78, 5) is 56.2. The van der Waals surface area contributed by atoms with E-state index in [9.17, 15) is 85.9 Å². The van der Waals surface area contributed by atoms with Crippen molar-refractivity contribution in [2.45, 2.75) is 305 Å². The molecular weight excluding hydrogens is 1320 g/mol. The first-order chi connectivity index (χ1) is 46.5. The molecule has 37 atom stereocenters. The fourth-order valence-electron chi connectivity index (χ4n) is 19.2. The summed E-state index contributed by atoms with van der Waals surface area (Å²) in [6, 6.07) is 0. The minimum absolute atomic E-state index is 0.0644. The van der Waals surface area contributed by atoms with Gasteiger partial charge in [0.1, 0.15) is 110 Å². The second-order valence-electron chi connectivity index (χ2n) is 31.4. The molecule has 14 N–H and O–H groups in total. The van der Waals surface area contributed by atoms with Crippen molar-refractivity contribution >= 4 is 24.2 Å². The Morgan fingerprint density at radius 2 is 1.10 bits per heavy atom. The predicted octanol–water partition coefficient (Wildman–Crippen LogP) is -3.12. The molecule has 6 aliphatic heterocycles. The Morgan fingerprint density at radius 3 is 1.74 bits per heavy atom. The van der Waals surface area contributed by atoms with E-state index in [-0.39, 0.29) is 23.7 Å². The number of hydrogen-bond acceptors (Lipinski definition) is 32. The fraction of sp³-hybridized carbons (Fsp3) is 0.910. The highest BCUT2D eigenvalue weighted by Crippen LogP contribution is 2.76. The smallest absolute Gasteiger partial charge is 0.337 e. The van der Waals surface area contributed by atoms with Gasteiger partial charge < -0.3 is 143 Å². The summed E-state index contributed by atoms with van der Waals surface area (Å²) in [7, 11) is 1.05. The van der Waals surface area contributed by atoms with Gasteiger partial charge in [-0.1, -0.05) is 53.2 Å². The minimum atomic E-state index is -2.02. The van der Waals surface area contributed by atoms with Crippen LogP contribution in [-0.4, -0.2) is 301 Å². The third-order valence-electron chi connectivity index (χ3n) is 25.2. The average Bonchev–Trinajstić information content (AvgIpc) is 1.21. The van der Waals surface area contributed by atoms with Gasteiger partial charge >= 0.3 is 17.9 Å². The molecule has 0 bridgehead atoms. The zero-order valence-corrected chi connectivity index (χ0v) is 57.4. The van der Waals surface area contributed by atoms with Crippen LogP contribution in [0.3, 0.4) is 0 Å².